The van der Waals surface area contributed by atoms with E-state index in [0.29, 0.717) is 36.8 Å². The largest absolute Gasteiger partial charge is 0.497 e. The molecule has 1 amide bonds. The first-order valence-electron chi connectivity index (χ1n) is 8.35. The lowest BCUT2D eigenvalue weighted by molar-refractivity contribution is 0.0772. The molecular weight excluding hydrogens is 318 g/mol. The minimum Gasteiger partial charge on any atom is -0.497 e. The quantitative estimate of drug-likeness (QED) is 0.732. The summed E-state index contributed by atoms with van der Waals surface area (Å²) in [5, 5.41) is 0. The molecule has 0 heterocycles. The van der Waals surface area contributed by atoms with Crippen LogP contribution in [0.4, 0.5) is 0 Å². The van der Waals surface area contributed by atoms with Gasteiger partial charge in [0.25, 0.3) is 5.91 Å². The second-order valence-corrected chi connectivity index (χ2v) is 5.47. The van der Waals surface area contributed by atoms with Gasteiger partial charge in [-0.2, -0.15) is 0 Å². The van der Waals surface area contributed by atoms with Crippen molar-refractivity contribution in [2.45, 2.75) is 20.5 Å². The van der Waals surface area contributed by atoms with Crippen LogP contribution in [0.25, 0.3) is 0 Å². The van der Waals surface area contributed by atoms with E-state index in [9.17, 15) is 4.79 Å². The molecule has 2 aromatic carbocycles. The first-order chi connectivity index (χ1) is 12.1. The predicted octanol–water partition coefficient (Wildman–Crippen LogP) is 3.76. The third kappa shape index (κ3) is 4.66. The molecule has 5 nitrogen and oxygen atoms in total. The van der Waals surface area contributed by atoms with Crippen LogP contribution in [0, 0.1) is 0 Å². The van der Waals surface area contributed by atoms with E-state index in [1.54, 1.807) is 31.3 Å². The molecule has 0 atom stereocenters. The number of ether oxygens (including phenoxy) is 3. The van der Waals surface area contributed by atoms with Crippen molar-refractivity contribution in [3.8, 4) is 17.2 Å². The maximum atomic E-state index is 12.5. The molecule has 134 valence electrons. The Morgan fingerprint density at radius 1 is 0.960 bits per heavy atom. The van der Waals surface area contributed by atoms with Crippen molar-refractivity contribution in [3.05, 3.63) is 53.6 Å². The summed E-state index contributed by atoms with van der Waals surface area (Å²) >= 11 is 0. The van der Waals surface area contributed by atoms with Crippen LogP contribution in [-0.4, -0.2) is 38.1 Å². The lowest BCUT2D eigenvalue weighted by atomic mass is 10.1. The third-order valence-corrected chi connectivity index (χ3v) is 4.01. The average molecular weight is 343 g/mol. The van der Waals surface area contributed by atoms with Gasteiger partial charge in [-0.3, -0.25) is 4.79 Å². The Bertz CT molecular complexity index is 711. The SMILES string of the molecule is CCN(CC)C(=O)c1ccc(OC)c(COc2cccc(OC)c2)c1. The fraction of sp³-hybridized carbons (Fsp3) is 0.350. The molecule has 0 N–H and O–H groups in total. The van der Waals surface area contributed by atoms with Gasteiger partial charge in [0, 0.05) is 30.3 Å². The van der Waals surface area contributed by atoms with E-state index < -0.39 is 0 Å². The second kappa shape index (κ2) is 8.97. The number of hydrogen-bond donors (Lipinski definition) is 0. The van der Waals surface area contributed by atoms with E-state index in [0.717, 1.165) is 11.3 Å². The smallest absolute Gasteiger partial charge is 0.253 e. The number of nitrogens with zero attached hydrogens (tertiary/aromatic N) is 1. The highest BCUT2D eigenvalue weighted by Gasteiger charge is 2.15. The van der Waals surface area contributed by atoms with E-state index in [1.165, 1.54) is 0 Å². The summed E-state index contributed by atoms with van der Waals surface area (Å²) < 4.78 is 16.4. The molecule has 0 saturated carbocycles. The van der Waals surface area contributed by atoms with Crippen LogP contribution in [0.5, 0.6) is 17.2 Å². The van der Waals surface area contributed by atoms with Gasteiger partial charge in [0.1, 0.15) is 23.9 Å². The average Bonchev–Trinajstić information content (AvgIpc) is 2.67. The number of rotatable bonds is 8. The Morgan fingerprint density at radius 3 is 2.32 bits per heavy atom. The molecule has 0 saturated heterocycles. The van der Waals surface area contributed by atoms with Crippen molar-refractivity contribution < 1.29 is 19.0 Å². The Morgan fingerprint density at radius 2 is 1.68 bits per heavy atom. The zero-order valence-corrected chi connectivity index (χ0v) is 15.2. The highest BCUT2D eigenvalue weighted by molar-refractivity contribution is 5.94. The van der Waals surface area contributed by atoms with Crippen LogP contribution in [0.1, 0.15) is 29.8 Å². The molecule has 0 aliphatic rings. The summed E-state index contributed by atoms with van der Waals surface area (Å²) in [6.07, 6.45) is 0. The van der Waals surface area contributed by atoms with E-state index in [-0.39, 0.29) is 5.91 Å². The molecule has 25 heavy (non-hydrogen) atoms. The molecule has 2 aromatic rings. The van der Waals surface area contributed by atoms with E-state index in [2.05, 4.69) is 0 Å². The standard InChI is InChI=1S/C20H25NO4/c1-5-21(6-2)20(22)15-10-11-19(24-4)16(12-15)14-25-18-9-7-8-17(13-18)23-3/h7-13H,5-6,14H2,1-4H3. The van der Waals surface area contributed by atoms with Crippen LogP contribution in [0.2, 0.25) is 0 Å². The molecule has 0 aliphatic heterocycles. The zero-order valence-electron chi connectivity index (χ0n) is 15.2. The summed E-state index contributed by atoms with van der Waals surface area (Å²) in [7, 11) is 3.22. The summed E-state index contributed by atoms with van der Waals surface area (Å²) in [6.45, 7) is 5.60. The van der Waals surface area contributed by atoms with Gasteiger partial charge in [0.05, 0.1) is 14.2 Å². The van der Waals surface area contributed by atoms with Crippen LogP contribution in [0.3, 0.4) is 0 Å². The summed E-state index contributed by atoms with van der Waals surface area (Å²) in [5.74, 6) is 2.13. The van der Waals surface area contributed by atoms with Crippen molar-refractivity contribution in [2.24, 2.45) is 0 Å². The molecule has 0 spiro atoms. The van der Waals surface area contributed by atoms with Crippen molar-refractivity contribution >= 4 is 5.91 Å². The topological polar surface area (TPSA) is 48.0 Å². The number of methoxy groups -OCH3 is 2. The van der Waals surface area contributed by atoms with Crippen molar-refractivity contribution in [1.82, 2.24) is 4.90 Å². The predicted molar refractivity (Wildman–Crippen MR) is 97.6 cm³/mol. The van der Waals surface area contributed by atoms with Crippen LogP contribution in [0.15, 0.2) is 42.5 Å². The van der Waals surface area contributed by atoms with Gasteiger partial charge in [-0.25, -0.2) is 0 Å². The lowest BCUT2D eigenvalue weighted by Gasteiger charge is -2.19. The number of carbonyl (C=O) groups is 1. The van der Waals surface area contributed by atoms with Crippen molar-refractivity contribution in [3.63, 3.8) is 0 Å². The number of amides is 1. The van der Waals surface area contributed by atoms with Gasteiger partial charge >= 0.3 is 0 Å². The van der Waals surface area contributed by atoms with Gasteiger partial charge < -0.3 is 19.1 Å². The van der Waals surface area contributed by atoms with Crippen LogP contribution >= 0.6 is 0 Å². The molecular formula is C20H25NO4. The Labute approximate surface area is 149 Å². The molecule has 0 fully saturated rings. The van der Waals surface area contributed by atoms with E-state index in [1.807, 2.05) is 44.2 Å². The normalized spacial score (nSPS) is 10.2. The third-order valence-electron chi connectivity index (χ3n) is 4.01. The molecule has 0 radical (unpaired) electrons. The molecule has 0 unspecified atom stereocenters. The summed E-state index contributed by atoms with van der Waals surface area (Å²) in [6, 6.07) is 12.8. The maximum Gasteiger partial charge on any atom is 0.253 e. The van der Waals surface area contributed by atoms with Gasteiger partial charge in [-0.05, 0) is 44.2 Å². The Balaban J connectivity index is 2.20. The minimum atomic E-state index is 0.00952. The van der Waals surface area contributed by atoms with Gasteiger partial charge in [0.15, 0.2) is 0 Å². The number of carbonyl (C=O) groups excluding carboxylic acids is 1. The second-order valence-electron chi connectivity index (χ2n) is 5.47. The fourth-order valence-corrected chi connectivity index (χ4v) is 2.57. The highest BCUT2D eigenvalue weighted by atomic mass is 16.5. The van der Waals surface area contributed by atoms with Gasteiger partial charge in [-0.15, -0.1) is 0 Å². The zero-order chi connectivity index (χ0) is 18.2. The van der Waals surface area contributed by atoms with Crippen LogP contribution < -0.4 is 14.2 Å². The number of hydrogen-bond acceptors (Lipinski definition) is 4. The molecule has 0 bridgehead atoms. The van der Waals surface area contributed by atoms with Gasteiger partial charge in [-0.1, -0.05) is 6.07 Å². The van der Waals surface area contributed by atoms with E-state index >= 15 is 0 Å². The number of benzene rings is 2. The minimum absolute atomic E-state index is 0.00952. The first kappa shape index (κ1) is 18.6. The molecule has 0 aromatic heterocycles. The maximum absolute atomic E-state index is 12.5. The van der Waals surface area contributed by atoms with Crippen molar-refractivity contribution in [1.29, 1.82) is 0 Å². The van der Waals surface area contributed by atoms with Crippen LogP contribution in [-0.2, 0) is 6.61 Å². The first-order valence-corrected chi connectivity index (χ1v) is 8.35. The highest BCUT2D eigenvalue weighted by Crippen LogP contribution is 2.24. The molecule has 0 aliphatic carbocycles. The summed E-state index contributed by atoms with van der Waals surface area (Å²) in [5.41, 5.74) is 1.46. The van der Waals surface area contributed by atoms with Crippen molar-refractivity contribution in [2.75, 3.05) is 27.3 Å². The Kier molecular flexibility index (Phi) is 6.69. The Hall–Kier alpha value is -2.69. The lowest BCUT2D eigenvalue weighted by Crippen LogP contribution is -2.30. The van der Waals surface area contributed by atoms with Gasteiger partial charge in [0.2, 0.25) is 0 Å². The van der Waals surface area contributed by atoms with E-state index in [4.69, 9.17) is 14.2 Å². The monoisotopic (exact) mass is 343 g/mol. The summed E-state index contributed by atoms with van der Waals surface area (Å²) in [4.78, 5) is 14.3. The molecule has 2 rings (SSSR count). The molecule has 5 heteroatoms. The fourth-order valence-electron chi connectivity index (χ4n) is 2.57.